The van der Waals surface area contributed by atoms with Crippen LogP contribution in [0.2, 0.25) is 0 Å². The lowest BCUT2D eigenvalue weighted by Crippen LogP contribution is -2.07. The van der Waals surface area contributed by atoms with Crippen LogP contribution in [0, 0.1) is 5.82 Å². The number of rotatable bonds is 5. The molecule has 2 aromatic rings. The molecule has 0 saturated heterocycles. The second-order valence-corrected chi connectivity index (χ2v) is 5.11. The summed E-state index contributed by atoms with van der Waals surface area (Å²) in [5.74, 6) is -0.630. The molecule has 2 rings (SSSR count). The SMILES string of the molecule is CC(C)c1cc(C(=O)O)cc(NCc2ccc(F)cc2)n1. The number of anilines is 1. The zero-order chi connectivity index (χ0) is 15.4. The Morgan fingerprint density at radius 3 is 2.52 bits per heavy atom. The lowest BCUT2D eigenvalue weighted by molar-refractivity contribution is 0.0696. The van der Waals surface area contributed by atoms with E-state index in [0.29, 0.717) is 12.4 Å². The lowest BCUT2D eigenvalue weighted by atomic mass is 10.1. The monoisotopic (exact) mass is 288 g/mol. The first-order chi connectivity index (χ1) is 9.95. The first-order valence-corrected chi connectivity index (χ1v) is 6.69. The van der Waals surface area contributed by atoms with Gasteiger partial charge in [0.05, 0.1) is 5.56 Å². The fraction of sp³-hybridized carbons (Fsp3) is 0.250. The van der Waals surface area contributed by atoms with Crippen LogP contribution in [0.1, 0.15) is 41.4 Å². The second-order valence-electron chi connectivity index (χ2n) is 5.11. The van der Waals surface area contributed by atoms with E-state index < -0.39 is 5.97 Å². The summed E-state index contributed by atoms with van der Waals surface area (Å²) in [6.07, 6.45) is 0. The fourth-order valence-electron chi connectivity index (χ4n) is 1.86. The Labute approximate surface area is 122 Å². The molecular formula is C16H17FN2O2. The van der Waals surface area contributed by atoms with Crippen LogP contribution in [0.5, 0.6) is 0 Å². The lowest BCUT2D eigenvalue weighted by Gasteiger charge is -2.11. The standard InChI is InChI=1S/C16H17FN2O2/c1-10(2)14-7-12(16(20)21)8-15(19-14)18-9-11-3-5-13(17)6-4-11/h3-8,10H,9H2,1-2H3,(H,18,19)(H,20,21). The Hall–Kier alpha value is -2.43. The van der Waals surface area contributed by atoms with E-state index in [0.717, 1.165) is 11.3 Å². The minimum absolute atomic E-state index is 0.135. The molecule has 0 saturated carbocycles. The van der Waals surface area contributed by atoms with Gasteiger partial charge in [-0.25, -0.2) is 14.2 Å². The quantitative estimate of drug-likeness (QED) is 0.881. The Morgan fingerprint density at radius 1 is 1.29 bits per heavy atom. The van der Waals surface area contributed by atoms with Crippen molar-refractivity contribution in [2.75, 3.05) is 5.32 Å². The third kappa shape index (κ3) is 4.02. The van der Waals surface area contributed by atoms with Gasteiger partial charge in [-0.1, -0.05) is 26.0 Å². The minimum atomic E-state index is -0.982. The van der Waals surface area contributed by atoms with Crippen LogP contribution < -0.4 is 5.32 Å². The zero-order valence-electron chi connectivity index (χ0n) is 11.9. The predicted octanol–water partition coefficient (Wildman–Crippen LogP) is 3.65. The van der Waals surface area contributed by atoms with Gasteiger partial charge in [-0.05, 0) is 35.7 Å². The number of nitrogens with zero attached hydrogens (tertiary/aromatic N) is 1. The van der Waals surface area contributed by atoms with Gasteiger partial charge in [0, 0.05) is 12.2 Å². The number of halogens is 1. The molecule has 0 spiro atoms. The summed E-state index contributed by atoms with van der Waals surface area (Å²) < 4.78 is 12.8. The van der Waals surface area contributed by atoms with Gasteiger partial charge in [0.2, 0.25) is 0 Å². The molecule has 0 aliphatic rings. The number of hydrogen-bond acceptors (Lipinski definition) is 3. The summed E-state index contributed by atoms with van der Waals surface area (Å²) in [6.45, 7) is 4.36. The molecule has 5 heteroatoms. The molecule has 0 atom stereocenters. The van der Waals surface area contributed by atoms with Crippen molar-refractivity contribution >= 4 is 11.8 Å². The highest BCUT2D eigenvalue weighted by atomic mass is 19.1. The van der Waals surface area contributed by atoms with E-state index in [1.165, 1.54) is 18.2 Å². The van der Waals surface area contributed by atoms with Gasteiger partial charge < -0.3 is 10.4 Å². The number of hydrogen-bond donors (Lipinski definition) is 2. The summed E-state index contributed by atoms with van der Waals surface area (Å²) in [6, 6.07) is 9.20. The first-order valence-electron chi connectivity index (χ1n) is 6.69. The molecule has 0 unspecified atom stereocenters. The van der Waals surface area contributed by atoms with Crippen molar-refractivity contribution in [1.29, 1.82) is 0 Å². The smallest absolute Gasteiger partial charge is 0.335 e. The van der Waals surface area contributed by atoms with Gasteiger partial charge in [0.25, 0.3) is 0 Å². The van der Waals surface area contributed by atoms with E-state index in [4.69, 9.17) is 5.11 Å². The van der Waals surface area contributed by atoms with Gasteiger partial charge in [0.1, 0.15) is 11.6 Å². The summed E-state index contributed by atoms with van der Waals surface area (Å²) in [5.41, 5.74) is 1.82. The van der Waals surface area contributed by atoms with Crippen LogP contribution in [0.4, 0.5) is 10.2 Å². The highest BCUT2D eigenvalue weighted by Gasteiger charge is 2.10. The normalized spacial score (nSPS) is 10.7. The van der Waals surface area contributed by atoms with Crippen molar-refractivity contribution < 1.29 is 14.3 Å². The number of carboxylic acid groups (broad SMARTS) is 1. The molecular weight excluding hydrogens is 271 g/mol. The number of carbonyl (C=O) groups is 1. The third-order valence-electron chi connectivity index (χ3n) is 3.07. The number of nitrogens with one attached hydrogen (secondary N) is 1. The maximum atomic E-state index is 12.8. The predicted molar refractivity (Wildman–Crippen MR) is 79.0 cm³/mol. The summed E-state index contributed by atoms with van der Waals surface area (Å²) in [7, 11) is 0. The van der Waals surface area contributed by atoms with Gasteiger partial charge in [0.15, 0.2) is 0 Å². The molecule has 0 radical (unpaired) electrons. The maximum absolute atomic E-state index is 12.8. The van der Waals surface area contributed by atoms with Gasteiger partial charge >= 0.3 is 5.97 Å². The molecule has 4 nitrogen and oxygen atoms in total. The van der Waals surface area contributed by atoms with Crippen molar-refractivity contribution in [2.45, 2.75) is 26.3 Å². The summed E-state index contributed by atoms with van der Waals surface area (Å²) in [4.78, 5) is 15.5. The summed E-state index contributed by atoms with van der Waals surface area (Å²) in [5, 5.41) is 12.2. The van der Waals surface area contributed by atoms with Crippen LogP contribution in [-0.4, -0.2) is 16.1 Å². The minimum Gasteiger partial charge on any atom is -0.478 e. The van der Waals surface area contributed by atoms with E-state index in [1.54, 1.807) is 18.2 Å². The Morgan fingerprint density at radius 2 is 1.95 bits per heavy atom. The maximum Gasteiger partial charge on any atom is 0.335 e. The number of aromatic carboxylic acids is 1. The van der Waals surface area contributed by atoms with Gasteiger partial charge in [-0.2, -0.15) is 0 Å². The average Bonchev–Trinajstić information content (AvgIpc) is 2.46. The molecule has 1 aromatic heterocycles. The van der Waals surface area contributed by atoms with E-state index in [-0.39, 0.29) is 17.3 Å². The van der Waals surface area contributed by atoms with E-state index in [1.807, 2.05) is 13.8 Å². The Balaban J connectivity index is 2.18. The molecule has 0 aliphatic heterocycles. The Kier molecular flexibility index (Phi) is 4.52. The molecule has 0 bridgehead atoms. The first kappa shape index (κ1) is 15.0. The molecule has 1 heterocycles. The van der Waals surface area contributed by atoms with E-state index in [9.17, 15) is 9.18 Å². The van der Waals surface area contributed by atoms with Crippen LogP contribution in [0.25, 0.3) is 0 Å². The van der Waals surface area contributed by atoms with E-state index >= 15 is 0 Å². The van der Waals surface area contributed by atoms with Crippen LogP contribution in [0.15, 0.2) is 36.4 Å². The average molecular weight is 288 g/mol. The number of carboxylic acids is 1. The van der Waals surface area contributed by atoms with Crippen molar-refractivity contribution in [2.24, 2.45) is 0 Å². The molecule has 0 amide bonds. The highest BCUT2D eigenvalue weighted by molar-refractivity contribution is 5.88. The molecule has 2 N–H and O–H groups in total. The van der Waals surface area contributed by atoms with Crippen LogP contribution in [0.3, 0.4) is 0 Å². The van der Waals surface area contributed by atoms with Gasteiger partial charge in [-0.3, -0.25) is 0 Å². The highest BCUT2D eigenvalue weighted by Crippen LogP contribution is 2.18. The fourth-order valence-corrected chi connectivity index (χ4v) is 1.86. The zero-order valence-corrected chi connectivity index (χ0v) is 11.9. The molecule has 1 aromatic carbocycles. The topological polar surface area (TPSA) is 62.2 Å². The molecule has 21 heavy (non-hydrogen) atoms. The van der Waals surface area contributed by atoms with Crippen molar-refractivity contribution in [3.8, 4) is 0 Å². The molecule has 110 valence electrons. The second kappa shape index (κ2) is 6.35. The number of benzene rings is 1. The van der Waals surface area contributed by atoms with Crippen molar-refractivity contribution in [3.05, 3.63) is 59.0 Å². The third-order valence-corrected chi connectivity index (χ3v) is 3.07. The van der Waals surface area contributed by atoms with E-state index in [2.05, 4.69) is 10.3 Å². The van der Waals surface area contributed by atoms with Crippen molar-refractivity contribution in [1.82, 2.24) is 4.98 Å². The molecule has 0 fully saturated rings. The van der Waals surface area contributed by atoms with Crippen LogP contribution in [-0.2, 0) is 6.54 Å². The summed E-state index contributed by atoms with van der Waals surface area (Å²) >= 11 is 0. The largest absolute Gasteiger partial charge is 0.478 e. The number of pyridine rings is 1. The van der Waals surface area contributed by atoms with Crippen LogP contribution >= 0.6 is 0 Å². The Bertz CT molecular complexity index is 639. The van der Waals surface area contributed by atoms with Crippen molar-refractivity contribution in [3.63, 3.8) is 0 Å². The number of aromatic nitrogens is 1. The molecule has 0 aliphatic carbocycles. The van der Waals surface area contributed by atoms with Gasteiger partial charge in [-0.15, -0.1) is 0 Å².